The molecule has 3 aliphatic heterocycles. The van der Waals surface area contributed by atoms with Gasteiger partial charge in [0.25, 0.3) is 0 Å². The van der Waals surface area contributed by atoms with Crippen molar-refractivity contribution in [3.63, 3.8) is 0 Å². The molecule has 4 heteroatoms. The first-order chi connectivity index (χ1) is 8.63. The van der Waals surface area contributed by atoms with Crippen LogP contribution in [0.2, 0.25) is 5.02 Å². The molecule has 3 N–H and O–H groups in total. The Morgan fingerprint density at radius 2 is 2.06 bits per heavy atom. The Morgan fingerprint density at radius 1 is 1.33 bits per heavy atom. The van der Waals surface area contributed by atoms with Crippen molar-refractivity contribution in [1.29, 1.82) is 0 Å². The number of nitrogen functional groups attached to an aromatic ring is 1. The van der Waals surface area contributed by atoms with Crippen molar-refractivity contribution in [2.24, 2.45) is 5.92 Å². The number of anilines is 2. The Labute approximate surface area is 113 Å². The molecule has 1 unspecified atom stereocenters. The van der Waals surface area contributed by atoms with E-state index >= 15 is 0 Å². The summed E-state index contributed by atoms with van der Waals surface area (Å²) in [4.78, 5) is 2.55. The van der Waals surface area contributed by atoms with Crippen LogP contribution in [0.15, 0.2) is 12.1 Å². The number of halogens is 1. The third-order valence-electron chi connectivity index (χ3n) is 4.34. The van der Waals surface area contributed by atoms with E-state index in [2.05, 4.69) is 17.1 Å². The lowest BCUT2D eigenvalue weighted by atomic mass is 9.84. The zero-order chi connectivity index (χ0) is 12.7. The molecule has 3 aliphatic rings. The van der Waals surface area contributed by atoms with E-state index in [1.807, 2.05) is 12.1 Å². The van der Waals surface area contributed by atoms with Gasteiger partial charge in [-0.3, -0.25) is 0 Å². The van der Waals surface area contributed by atoms with Crippen LogP contribution < -0.4 is 11.1 Å². The molecule has 0 radical (unpaired) electrons. The van der Waals surface area contributed by atoms with Gasteiger partial charge in [-0.15, -0.1) is 0 Å². The first kappa shape index (κ1) is 12.1. The molecule has 1 aromatic carbocycles. The van der Waals surface area contributed by atoms with Crippen molar-refractivity contribution >= 4 is 23.0 Å². The van der Waals surface area contributed by atoms with Gasteiger partial charge in [-0.2, -0.15) is 0 Å². The second kappa shape index (κ2) is 4.63. The van der Waals surface area contributed by atoms with Gasteiger partial charge < -0.3 is 16.0 Å². The molecule has 1 aromatic rings. The Hall–Kier alpha value is -0.930. The van der Waals surface area contributed by atoms with Gasteiger partial charge in [-0.25, -0.2) is 0 Å². The summed E-state index contributed by atoms with van der Waals surface area (Å²) in [5.41, 5.74) is 8.78. The maximum Gasteiger partial charge on any atom is 0.0656 e. The highest BCUT2D eigenvalue weighted by molar-refractivity contribution is 6.33. The van der Waals surface area contributed by atoms with Crippen molar-refractivity contribution in [2.45, 2.75) is 25.8 Å². The number of rotatable bonds is 2. The van der Waals surface area contributed by atoms with Gasteiger partial charge in [0.1, 0.15) is 0 Å². The van der Waals surface area contributed by atoms with Crippen molar-refractivity contribution in [1.82, 2.24) is 4.90 Å². The summed E-state index contributed by atoms with van der Waals surface area (Å²) in [6, 6.07) is 4.47. The maximum atomic E-state index is 6.11. The lowest BCUT2D eigenvalue weighted by Gasteiger charge is -2.45. The van der Waals surface area contributed by atoms with Crippen LogP contribution in [0.1, 0.15) is 18.4 Å². The summed E-state index contributed by atoms with van der Waals surface area (Å²) in [5.74, 6) is 0.811. The fraction of sp³-hybridized carbons (Fsp3) is 0.571. The van der Waals surface area contributed by atoms with Crippen LogP contribution >= 0.6 is 11.6 Å². The van der Waals surface area contributed by atoms with E-state index in [9.17, 15) is 0 Å². The molecule has 3 fully saturated rings. The minimum Gasteiger partial charge on any atom is -0.398 e. The van der Waals surface area contributed by atoms with Gasteiger partial charge in [-0.05, 0) is 56.5 Å². The molecule has 3 nitrogen and oxygen atoms in total. The number of nitrogens with zero attached hydrogens (tertiary/aromatic N) is 1. The minimum atomic E-state index is 0.561. The van der Waals surface area contributed by atoms with Crippen molar-refractivity contribution in [3.8, 4) is 0 Å². The molecule has 0 saturated carbocycles. The molecular weight excluding hydrogens is 246 g/mol. The van der Waals surface area contributed by atoms with Crippen LogP contribution in [0.5, 0.6) is 0 Å². The first-order valence-electron chi connectivity index (χ1n) is 6.68. The summed E-state index contributed by atoms with van der Waals surface area (Å²) in [7, 11) is 0. The average Bonchev–Trinajstić information content (AvgIpc) is 2.37. The highest BCUT2D eigenvalue weighted by atomic mass is 35.5. The summed E-state index contributed by atoms with van der Waals surface area (Å²) < 4.78 is 0. The Morgan fingerprint density at radius 3 is 2.67 bits per heavy atom. The quantitative estimate of drug-likeness (QED) is 0.808. The summed E-state index contributed by atoms with van der Waals surface area (Å²) >= 11 is 6.11. The van der Waals surface area contributed by atoms with E-state index in [1.54, 1.807) is 0 Å². The second-order valence-corrected chi connectivity index (χ2v) is 5.98. The normalized spacial score (nSPS) is 30.4. The van der Waals surface area contributed by atoms with E-state index in [0.29, 0.717) is 16.8 Å². The van der Waals surface area contributed by atoms with Crippen LogP contribution in [0.4, 0.5) is 11.4 Å². The number of nitrogens with one attached hydrogen (secondary N) is 1. The van der Waals surface area contributed by atoms with Crippen molar-refractivity contribution in [2.75, 3.05) is 30.7 Å². The maximum absolute atomic E-state index is 6.11. The first-order valence-corrected chi connectivity index (χ1v) is 7.06. The third-order valence-corrected chi connectivity index (χ3v) is 4.67. The standard InChI is InChI=1S/C14H20ClN3/c1-9-6-12(16)11(15)7-13(9)17-14-8-18-4-2-10(14)3-5-18/h6-7,10,14,17H,2-5,8,16H2,1H3. The largest absolute Gasteiger partial charge is 0.398 e. The van der Waals surface area contributed by atoms with Crippen molar-refractivity contribution in [3.05, 3.63) is 22.7 Å². The van der Waals surface area contributed by atoms with Crippen LogP contribution in [-0.4, -0.2) is 30.6 Å². The predicted octanol–water partition coefficient (Wildman–Crippen LogP) is 2.74. The Kier molecular flexibility index (Phi) is 3.12. The highest BCUT2D eigenvalue weighted by Gasteiger charge is 2.34. The average molecular weight is 266 g/mol. The molecular formula is C14H20ClN3. The Bertz CT molecular complexity index is 453. The van der Waals surface area contributed by atoms with Gasteiger partial charge in [-0.1, -0.05) is 11.6 Å². The molecule has 18 heavy (non-hydrogen) atoms. The third kappa shape index (κ3) is 2.17. The number of benzene rings is 1. The van der Waals surface area contributed by atoms with Crippen LogP contribution in [0, 0.1) is 12.8 Å². The number of hydrogen-bond donors (Lipinski definition) is 2. The van der Waals surface area contributed by atoms with Gasteiger partial charge in [0, 0.05) is 18.3 Å². The van der Waals surface area contributed by atoms with Crippen LogP contribution in [0.3, 0.4) is 0 Å². The molecule has 0 amide bonds. The molecule has 98 valence electrons. The summed E-state index contributed by atoms with van der Waals surface area (Å²) in [6.07, 6.45) is 2.64. The molecule has 0 aromatic heterocycles. The number of fused-ring (bicyclic) bond motifs is 3. The molecule has 0 aliphatic carbocycles. The smallest absolute Gasteiger partial charge is 0.0656 e. The molecule has 4 rings (SSSR count). The monoisotopic (exact) mass is 265 g/mol. The number of nitrogens with two attached hydrogens (primary N) is 1. The molecule has 3 saturated heterocycles. The van der Waals surface area contributed by atoms with Crippen molar-refractivity contribution < 1.29 is 0 Å². The Balaban J connectivity index is 1.78. The predicted molar refractivity (Wildman–Crippen MR) is 77.2 cm³/mol. The zero-order valence-electron chi connectivity index (χ0n) is 10.7. The van der Waals surface area contributed by atoms with E-state index in [0.717, 1.165) is 18.2 Å². The topological polar surface area (TPSA) is 41.3 Å². The summed E-state index contributed by atoms with van der Waals surface area (Å²) in [6.45, 7) is 5.77. The number of piperidine rings is 3. The molecule has 1 atom stereocenters. The highest BCUT2D eigenvalue weighted by Crippen LogP contribution is 2.32. The summed E-state index contributed by atoms with van der Waals surface area (Å²) in [5, 5.41) is 4.31. The van der Waals surface area contributed by atoms with Gasteiger partial charge in [0.05, 0.1) is 10.7 Å². The second-order valence-electron chi connectivity index (χ2n) is 5.58. The molecule has 2 bridgehead atoms. The van der Waals surface area contributed by atoms with E-state index < -0.39 is 0 Å². The minimum absolute atomic E-state index is 0.561. The van der Waals surface area contributed by atoms with Gasteiger partial charge in [0.2, 0.25) is 0 Å². The fourth-order valence-corrected chi connectivity index (χ4v) is 3.35. The van der Waals surface area contributed by atoms with Gasteiger partial charge >= 0.3 is 0 Å². The van der Waals surface area contributed by atoms with Crippen LogP contribution in [-0.2, 0) is 0 Å². The number of aryl methyl sites for hydroxylation is 1. The van der Waals surface area contributed by atoms with E-state index in [4.69, 9.17) is 17.3 Å². The van der Waals surface area contributed by atoms with E-state index in [-0.39, 0.29) is 0 Å². The zero-order valence-corrected chi connectivity index (χ0v) is 11.5. The lowest BCUT2D eigenvalue weighted by molar-refractivity contribution is 0.0975. The number of hydrogen-bond acceptors (Lipinski definition) is 3. The van der Waals surface area contributed by atoms with E-state index in [1.165, 1.54) is 31.5 Å². The SMILES string of the molecule is Cc1cc(N)c(Cl)cc1NC1CN2CCC1CC2. The molecule has 0 spiro atoms. The molecule has 3 heterocycles. The fourth-order valence-electron chi connectivity index (χ4n) is 3.19. The van der Waals surface area contributed by atoms with Gasteiger partial charge in [0.15, 0.2) is 0 Å². The van der Waals surface area contributed by atoms with Crippen LogP contribution in [0.25, 0.3) is 0 Å². The lowest BCUT2D eigenvalue weighted by Crippen LogP contribution is -2.53.